The average Bonchev–Trinajstić information content (AvgIpc) is 3.70. The van der Waals surface area contributed by atoms with Gasteiger partial charge in [-0.3, -0.25) is 0 Å². The highest BCUT2D eigenvalue weighted by molar-refractivity contribution is 6.74. The van der Waals surface area contributed by atoms with Gasteiger partial charge in [0.25, 0.3) is 0 Å². The van der Waals surface area contributed by atoms with Gasteiger partial charge in [-0.1, -0.05) is 114 Å². The van der Waals surface area contributed by atoms with E-state index in [0.29, 0.717) is 31.7 Å². The predicted octanol–water partition coefficient (Wildman–Crippen LogP) is 8.93. The third-order valence-corrected chi connectivity index (χ3v) is 13.5. The molecule has 1 fully saturated rings. The molecule has 1 aliphatic carbocycles. The van der Waals surface area contributed by atoms with Crippen molar-refractivity contribution in [2.75, 3.05) is 13.2 Å². The first-order valence-electron chi connectivity index (χ1n) is 15.8. The van der Waals surface area contributed by atoms with E-state index in [1.807, 2.05) is 6.07 Å². The summed E-state index contributed by atoms with van der Waals surface area (Å²) >= 11 is 0. The number of hydrogen-bond donors (Lipinski definition) is 1. The second-order valence-corrected chi connectivity index (χ2v) is 18.1. The van der Waals surface area contributed by atoms with Crippen LogP contribution in [-0.2, 0) is 27.1 Å². The van der Waals surface area contributed by atoms with E-state index in [-0.39, 0.29) is 17.2 Å². The van der Waals surface area contributed by atoms with Crippen LogP contribution < -0.4 is 0 Å². The number of aliphatic hydroxyl groups excluding tert-OH is 1. The summed E-state index contributed by atoms with van der Waals surface area (Å²) in [5.74, 6) is 0.994. The summed E-state index contributed by atoms with van der Waals surface area (Å²) < 4.78 is 19.6. The summed E-state index contributed by atoms with van der Waals surface area (Å²) in [7, 11) is -1.96. The molecule has 0 radical (unpaired) electrons. The van der Waals surface area contributed by atoms with Crippen LogP contribution in [0.1, 0.15) is 89.7 Å². The Morgan fingerprint density at radius 3 is 1.93 bits per heavy atom. The van der Waals surface area contributed by atoms with Crippen molar-refractivity contribution in [2.24, 2.45) is 11.8 Å². The molecule has 0 heterocycles. The van der Waals surface area contributed by atoms with Gasteiger partial charge < -0.3 is 19.0 Å². The maximum absolute atomic E-state index is 9.70. The molecule has 0 aliphatic heterocycles. The van der Waals surface area contributed by atoms with Crippen LogP contribution in [0.2, 0.25) is 18.1 Å². The third kappa shape index (κ3) is 11.8. The number of unbranched alkanes of at least 4 members (excludes halogenated alkanes) is 5. The van der Waals surface area contributed by atoms with E-state index in [4.69, 9.17) is 13.9 Å². The summed E-state index contributed by atoms with van der Waals surface area (Å²) in [6.07, 6.45) is 10.6. The van der Waals surface area contributed by atoms with Gasteiger partial charge in [-0.2, -0.15) is 0 Å². The molecule has 224 valence electrons. The highest BCUT2D eigenvalue weighted by Crippen LogP contribution is 2.44. The van der Waals surface area contributed by atoms with E-state index in [9.17, 15) is 5.11 Å². The maximum atomic E-state index is 9.70. The molecule has 4 atom stereocenters. The first kappa shape index (κ1) is 33.0. The van der Waals surface area contributed by atoms with E-state index in [1.54, 1.807) is 0 Å². The molecule has 5 heteroatoms. The zero-order chi connectivity index (χ0) is 28.8. The predicted molar refractivity (Wildman–Crippen MR) is 169 cm³/mol. The monoisotopic (exact) mass is 568 g/mol. The smallest absolute Gasteiger partial charge is 0.192 e. The highest BCUT2D eigenvalue weighted by Gasteiger charge is 2.44. The quantitative estimate of drug-likeness (QED) is 0.128. The van der Waals surface area contributed by atoms with Gasteiger partial charge in [-0.05, 0) is 66.8 Å². The van der Waals surface area contributed by atoms with Gasteiger partial charge >= 0.3 is 0 Å². The second kappa shape index (κ2) is 16.8. The molecular formula is C35H56O4Si. The lowest BCUT2D eigenvalue weighted by Gasteiger charge is -2.41. The Bertz CT molecular complexity index is 927. The van der Waals surface area contributed by atoms with Gasteiger partial charge in [-0.15, -0.1) is 0 Å². The van der Waals surface area contributed by atoms with Crippen LogP contribution in [-0.4, -0.2) is 38.8 Å². The number of benzene rings is 2. The number of ether oxygens (including phenoxy) is 2. The van der Waals surface area contributed by atoms with Crippen molar-refractivity contribution in [3.8, 4) is 0 Å². The minimum absolute atomic E-state index is 0.0673. The summed E-state index contributed by atoms with van der Waals surface area (Å²) in [4.78, 5) is 0. The summed E-state index contributed by atoms with van der Waals surface area (Å²) in [6.45, 7) is 14.2. The SMILES string of the molecule is CC(C)(C)[Si](C)(C)O[C@H](CCCCCCCCOCc1ccccc1)[C@H](C[C@@H]1C[C@@H]1CO)OCc1ccccc1. The Morgan fingerprint density at radius 2 is 1.35 bits per heavy atom. The average molecular weight is 569 g/mol. The van der Waals surface area contributed by atoms with E-state index < -0.39 is 8.32 Å². The number of hydrogen-bond acceptors (Lipinski definition) is 4. The van der Waals surface area contributed by atoms with Crippen LogP contribution in [0.25, 0.3) is 0 Å². The van der Waals surface area contributed by atoms with Gasteiger partial charge in [0.1, 0.15) is 0 Å². The first-order chi connectivity index (χ1) is 19.2. The van der Waals surface area contributed by atoms with Gasteiger partial charge in [0.2, 0.25) is 0 Å². The minimum atomic E-state index is -1.96. The molecule has 1 saturated carbocycles. The Kier molecular flexibility index (Phi) is 13.9. The van der Waals surface area contributed by atoms with Crippen molar-refractivity contribution in [3.63, 3.8) is 0 Å². The molecule has 0 bridgehead atoms. The largest absolute Gasteiger partial charge is 0.411 e. The van der Waals surface area contributed by atoms with Crippen LogP contribution in [0.15, 0.2) is 60.7 Å². The van der Waals surface area contributed by atoms with Gasteiger partial charge in [-0.25, -0.2) is 0 Å². The molecule has 0 amide bonds. The lowest BCUT2D eigenvalue weighted by Crippen LogP contribution is -2.47. The molecular weight excluding hydrogens is 512 g/mol. The Labute approximate surface area is 246 Å². The normalized spacial score (nSPS) is 18.9. The Balaban J connectivity index is 1.47. The fourth-order valence-electron chi connectivity index (χ4n) is 5.12. The zero-order valence-electron chi connectivity index (χ0n) is 25.9. The van der Waals surface area contributed by atoms with Crippen molar-refractivity contribution in [2.45, 2.75) is 122 Å². The van der Waals surface area contributed by atoms with Gasteiger partial charge in [0.05, 0.1) is 25.4 Å². The van der Waals surface area contributed by atoms with Gasteiger partial charge in [0, 0.05) is 13.2 Å². The zero-order valence-corrected chi connectivity index (χ0v) is 26.9. The molecule has 40 heavy (non-hydrogen) atoms. The second-order valence-electron chi connectivity index (χ2n) is 13.4. The van der Waals surface area contributed by atoms with Crippen LogP contribution in [0, 0.1) is 11.8 Å². The minimum Gasteiger partial charge on any atom is -0.411 e. The Hall–Kier alpha value is -1.50. The van der Waals surface area contributed by atoms with Crippen LogP contribution >= 0.6 is 0 Å². The molecule has 0 aromatic heterocycles. The molecule has 2 aromatic rings. The van der Waals surface area contributed by atoms with Crippen molar-refractivity contribution in [3.05, 3.63) is 71.8 Å². The fourth-order valence-corrected chi connectivity index (χ4v) is 6.50. The molecule has 0 spiro atoms. The number of rotatable bonds is 20. The molecule has 0 unspecified atom stereocenters. The Morgan fingerprint density at radius 1 is 0.775 bits per heavy atom. The maximum Gasteiger partial charge on any atom is 0.192 e. The van der Waals surface area contributed by atoms with Crippen molar-refractivity contribution < 1.29 is 19.0 Å². The molecule has 4 nitrogen and oxygen atoms in total. The molecule has 3 rings (SSSR count). The molecule has 2 aromatic carbocycles. The van der Waals surface area contributed by atoms with Crippen molar-refractivity contribution in [1.29, 1.82) is 0 Å². The summed E-state index contributed by atoms with van der Waals surface area (Å²) in [5, 5.41) is 9.86. The molecule has 1 aliphatic rings. The van der Waals surface area contributed by atoms with Crippen molar-refractivity contribution >= 4 is 8.32 Å². The van der Waals surface area contributed by atoms with Crippen molar-refractivity contribution in [1.82, 2.24) is 0 Å². The van der Waals surface area contributed by atoms with Gasteiger partial charge in [0.15, 0.2) is 8.32 Å². The molecule has 0 saturated heterocycles. The van der Waals surface area contributed by atoms with E-state index in [0.717, 1.165) is 32.3 Å². The lowest BCUT2D eigenvalue weighted by molar-refractivity contribution is -0.0511. The van der Waals surface area contributed by atoms with E-state index in [2.05, 4.69) is 88.5 Å². The molecule has 1 N–H and O–H groups in total. The van der Waals surface area contributed by atoms with Crippen LogP contribution in [0.3, 0.4) is 0 Å². The van der Waals surface area contributed by atoms with E-state index >= 15 is 0 Å². The summed E-state index contributed by atoms with van der Waals surface area (Å²) in [6, 6.07) is 20.9. The number of aliphatic hydroxyl groups is 1. The standard InChI is InChI=1S/C35H56O4Si/c1-35(2,3)40(4,5)39-33(22-16-8-6-7-9-17-23-37-27-29-18-12-10-13-19-29)34(25-31-24-32(31)26-36)38-28-30-20-14-11-15-21-30/h10-15,18-21,31-34,36H,6-9,16-17,22-28H2,1-5H3/t31-,32+,33+,34-/m0/s1. The highest BCUT2D eigenvalue weighted by atomic mass is 28.4. The topological polar surface area (TPSA) is 47.9 Å². The van der Waals surface area contributed by atoms with Crippen LogP contribution in [0.5, 0.6) is 0 Å². The third-order valence-electron chi connectivity index (χ3n) is 8.95. The fraction of sp³-hybridized carbons (Fsp3) is 0.657. The van der Waals surface area contributed by atoms with E-state index in [1.165, 1.54) is 43.2 Å². The lowest BCUT2D eigenvalue weighted by atomic mass is 10.00. The summed E-state index contributed by atoms with van der Waals surface area (Å²) in [5.41, 5.74) is 2.46. The van der Waals surface area contributed by atoms with Crippen LogP contribution in [0.4, 0.5) is 0 Å². The first-order valence-corrected chi connectivity index (χ1v) is 18.7.